The third-order valence-corrected chi connectivity index (χ3v) is 8.05. The quantitative estimate of drug-likeness (QED) is 0.274. The SMILES string of the molecule is CCCC[C@H](NS(=O)(=O)c1ccc(C)cc1)C(=O)Oc1ccc2c3c(c(=O)oc2c1C)CCCC3. The van der Waals surface area contributed by atoms with E-state index in [1.54, 1.807) is 25.1 Å². The fraction of sp³-hybridized carbons (Fsp3) is 0.407. The highest BCUT2D eigenvalue weighted by Gasteiger charge is 2.28. The van der Waals surface area contributed by atoms with Crippen LogP contribution in [-0.4, -0.2) is 20.4 Å². The first kappa shape index (κ1) is 25.1. The van der Waals surface area contributed by atoms with Gasteiger partial charge >= 0.3 is 11.6 Å². The molecule has 7 nitrogen and oxygen atoms in total. The van der Waals surface area contributed by atoms with Crippen molar-refractivity contribution in [2.75, 3.05) is 0 Å². The summed E-state index contributed by atoms with van der Waals surface area (Å²) in [6.45, 7) is 5.57. The summed E-state index contributed by atoms with van der Waals surface area (Å²) in [4.78, 5) is 25.8. The first-order chi connectivity index (χ1) is 16.7. The minimum atomic E-state index is -3.92. The Morgan fingerprint density at radius 3 is 2.43 bits per heavy atom. The number of carbonyl (C=O) groups is 1. The molecule has 4 rings (SSSR count). The Morgan fingerprint density at radius 1 is 1.06 bits per heavy atom. The van der Waals surface area contributed by atoms with Crippen LogP contribution in [0.5, 0.6) is 5.75 Å². The van der Waals surface area contributed by atoms with E-state index in [4.69, 9.17) is 9.15 Å². The van der Waals surface area contributed by atoms with Gasteiger partial charge in [-0.05, 0) is 75.8 Å². The molecule has 2 aromatic carbocycles. The molecule has 0 spiro atoms. The summed E-state index contributed by atoms with van der Waals surface area (Å²) in [5.74, 6) is -0.450. The van der Waals surface area contributed by atoms with E-state index in [0.717, 1.165) is 47.8 Å². The predicted molar refractivity (Wildman–Crippen MR) is 134 cm³/mol. The van der Waals surface area contributed by atoms with Crippen LogP contribution in [0.3, 0.4) is 0 Å². The van der Waals surface area contributed by atoms with Crippen LogP contribution in [0.15, 0.2) is 50.5 Å². The third kappa shape index (κ3) is 5.33. The molecule has 1 aromatic heterocycles. The van der Waals surface area contributed by atoms with Gasteiger partial charge in [0.25, 0.3) is 0 Å². The van der Waals surface area contributed by atoms with Crippen molar-refractivity contribution < 1.29 is 22.4 Å². The second-order valence-corrected chi connectivity index (χ2v) is 10.9. The molecule has 3 aromatic rings. The van der Waals surface area contributed by atoms with Gasteiger partial charge in [0, 0.05) is 16.5 Å². The number of nitrogens with one attached hydrogen (secondary N) is 1. The summed E-state index contributed by atoms with van der Waals surface area (Å²) >= 11 is 0. The monoisotopic (exact) mass is 497 g/mol. The number of unbranched alkanes of at least 4 members (excludes halogenated alkanes) is 1. The van der Waals surface area contributed by atoms with Gasteiger partial charge in [-0.2, -0.15) is 4.72 Å². The van der Waals surface area contributed by atoms with Gasteiger partial charge in [0.2, 0.25) is 10.0 Å². The van der Waals surface area contributed by atoms with E-state index in [1.165, 1.54) is 12.1 Å². The minimum absolute atomic E-state index is 0.0887. The number of rotatable bonds is 8. The zero-order valence-corrected chi connectivity index (χ0v) is 21.2. The van der Waals surface area contributed by atoms with E-state index in [-0.39, 0.29) is 16.3 Å². The van der Waals surface area contributed by atoms with Crippen LogP contribution in [-0.2, 0) is 27.7 Å². The molecular weight excluding hydrogens is 466 g/mol. The highest BCUT2D eigenvalue weighted by molar-refractivity contribution is 7.89. The van der Waals surface area contributed by atoms with Gasteiger partial charge in [0.15, 0.2) is 0 Å². The van der Waals surface area contributed by atoms with Crippen LogP contribution < -0.4 is 15.1 Å². The lowest BCUT2D eigenvalue weighted by Gasteiger charge is -2.20. The number of fused-ring (bicyclic) bond motifs is 3. The molecule has 0 saturated carbocycles. The normalized spacial score (nSPS) is 14.5. The Kier molecular flexibility index (Phi) is 7.42. The van der Waals surface area contributed by atoms with Crippen LogP contribution in [0, 0.1) is 13.8 Å². The molecule has 186 valence electrons. The third-order valence-electron chi connectivity index (χ3n) is 6.56. The van der Waals surface area contributed by atoms with Crippen LogP contribution in [0.2, 0.25) is 0 Å². The van der Waals surface area contributed by atoms with Gasteiger partial charge in [-0.25, -0.2) is 18.0 Å². The number of hydrogen-bond donors (Lipinski definition) is 1. The van der Waals surface area contributed by atoms with Crippen LogP contribution >= 0.6 is 0 Å². The average molecular weight is 498 g/mol. The van der Waals surface area contributed by atoms with Crippen molar-refractivity contribution in [3.8, 4) is 5.75 Å². The highest BCUT2D eigenvalue weighted by atomic mass is 32.2. The molecule has 0 fully saturated rings. The molecule has 1 atom stereocenters. The zero-order chi connectivity index (χ0) is 25.2. The van der Waals surface area contributed by atoms with Crippen molar-refractivity contribution in [3.63, 3.8) is 0 Å². The van der Waals surface area contributed by atoms with Crippen molar-refractivity contribution in [1.82, 2.24) is 4.72 Å². The van der Waals surface area contributed by atoms with E-state index in [1.807, 2.05) is 19.9 Å². The Bertz CT molecular complexity index is 1410. The predicted octanol–water partition coefficient (Wildman–Crippen LogP) is 4.73. The first-order valence-electron chi connectivity index (χ1n) is 12.1. The fourth-order valence-electron chi connectivity index (χ4n) is 4.52. The molecule has 0 amide bonds. The average Bonchev–Trinajstić information content (AvgIpc) is 2.84. The Labute approximate surface area is 205 Å². The number of sulfonamides is 1. The standard InChI is InChI=1S/C27H31NO6S/c1-4-5-10-23(28-35(31,32)19-13-11-17(2)12-14-19)27(30)33-24-16-15-21-20-8-6-7-9-22(20)26(29)34-25(21)18(24)3/h11-16,23,28H,4-10H2,1-3H3/t23-/m0/s1. The number of hydrogen-bond acceptors (Lipinski definition) is 6. The maximum absolute atomic E-state index is 13.1. The lowest BCUT2D eigenvalue weighted by molar-refractivity contribution is -0.136. The zero-order valence-electron chi connectivity index (χ0n) is 20.3. The van der Waals surface area contributed by atoms with Gasteiger partial charge < -0.3 is 9.15 Å². The van der Waals surface area contributed by atoms with Crippen molar-refractivity contribution >= 4 is 27.0 Å². The summed E-state index contributed by atoms with van der Waals surface area (Å²) in [5, 5.41) is 0.860. The van der Waals surface area contributed by atoms with E-state index in [0.29, 0.717) is 30.4 Å². The lowest BCUT2D eigenvalue weighted by Crippen LogP contribution is -2.43. The number of ether oxygens (including phenoxy) is 1. The van der Waals surface area contributed by atoms with Crippen LogP contribution in [0.4, 0.5) is 0 Å². The summed E-state index contributed by atoms with van der Waals surface area (Å²) in [6.07, 6.45) is 5.25. The molecule has 1 aliphatic rings. The second-order valence-electron chi connectivity index (χ2n) is 9.17. The van der Waals surface area contributed by atoms with E-state index >= 15 is 0 Å². The molecule has 0 saturated heterocycles. The maximum atomic E-state index is 13.1. The van der Waals surface area contributed by atoms with Crippen molar-refractivity contribution in [2.24, 2.45) is 0 Å². The Morgan fingerprint density at radius 2 is 1.74 bits per heavy atom. The van der Waals surface area contributed by atoms with Crippen LogP contribution in [0.1, 0.15) is 61.3 Å². The molecule has 0 bridgehead atoms. The van der Waals surface area contributed by atoms with E-state index in [2.05, 4.69) is 4.72 Å². The molecule has 1 heterocycles. The molecular formula is C27H31NO6S. The lowest BCUT2D eigenvalue weighted by atomic mass is 9.90. The van der Waals surface area contributed by atoms with Crippen molar-refractivity contribution in [2.45, 2.75) is 76.7 Å². The minimum Gasteiger partial charge on any atom is -0.425 e. The molecule has 0 aliphatic heterocycles. The van der Waals surface area contributed by atoms with Gasteiger partial charge in [-0.1, -0.05) is 37.5 Å². The summed E-state index contributed by atoms with van der Waals surface area (Å²) < 4.78 is 39.7. The Hall–Kier alpha value is -2.97. The largest absolute Gasteiger partial charge is 0.425 e. The molecule has 1 aliphatic carbocycles. The molecule has 0 radical (unpaired) electrons. The van der Waals surface area contributed by atoms with Crippen molar-refractivity contribution in [3.05, 3.63) is 69.1 Å². The van der Waals surface area contributed by atoms with E-state index < -0.39 is 22.0 Å². The summed E-state index contributed by atoms with van der Waals surface area (Å²) in [5.41, 5.74) is 3.28. The Balaban J connectivity index is 1.62. The highest BCUT2D eigenvalue weighted by Crippen LogP contribution is 2.32. The summed E-state index contributed by atoms with van der Waals surface area (Å²) in [6, 6.07) is 8.89. The molecule has 35 heavy (non-hydrogen) atoms. The topological polar surface area (TPSA) is 103 Å². The van der Waals surface area contributed by atoms with Gasteiger partial charge in [-0.3, -0.25) is 0 Å². The smallest absolute Gasteiger partial charge is 0.339 e. The number of aryl methyl sites for hydroxylation is 3. The maximum Gasteiger partial charge on any atom is 0.339 e. The number of benzene rings is 2. The number of esters is 1. The second kappa shape index (κ2) is 10.3. The first-order valence-corrected chi connectivity index (χ1v) is 13.6. The van der Waals surface area contributed by atoms with Gasteiger partial charge in [-0.15, -0.1) is 0 Å². The molecule has 8 heteroatoms. The van der Waals surface area contributed by atoms with E-state index in [9.17, 15) is 18.0 Å². The van der Waals surface area contributed by atoms with Gasteiger partial charge in [0.1, 0.15) is 17.4 Å². The molecule has 0 unspecified atom stereocenters. The molecule has 1 N–H and O–H groups in total. The van der Waals surface area contributed by atoms with Crippen molar-refractivity contribution in [1.29, 1.82) is 0 Å². The van der Waals surface area contributed by atoms with Gasteiger partial charge in [0.05, 0.1) is 4.90 Å². The summed E-state index contributed by atoms with van der Waals surface area (Å²) in [7, 11) is -3.92. The number of carbonyl (C=O) groups excluding carboxylic acids is 1. The van der Waals surface area contributed by atoms with Crippen LogP contribution in [0.25, 0.3) is 11.0 Å². The fourth-order valence-corrected chi connectivity index (χ4v) is 5.74.